The van der Waals surface area contributed by atoms with Crippen molar-refractivity contribution in [1.82, 2.24) is 14.8 Å². The van der Waals surface area contributed by atoms with Crippen LogP contribution in [-0.2, 0) is 0 Å². The van der Waals surface area contributed by atoms with Crippen LogP contribution in [0.5, 0.6) is 5.75 Å². The number of amides is 1. The number of hydrogen-bond donors (Lipinski definition) is 0. The maximum Gasteiger partial charge on any atom is 0.275 e. The molecule has 0 saturated carbocycles. The molecule has 4 rings (SSSR count). The lowest BCUT2D eigenvalue weighted by Crippen LogP contribution is -2.50. The zero-order valence-electron chi connectivity index (χ0n) is 16.5. The summed E-state index contributed by atoms with van der Waals surface area (Å²) >= 11 is 0. The van der Waals surface area contributed by atoms with Crippen LogP contribution in [-0.4, -0.2) is 53.5 Å². The minimum Gasteiger partial charge on any atom is -0.492 e. The van der Waals surface area contributed by atoms with Gasteiger partial charge in [0.15, 0.2) is 11.6 Å². The minimum absolute atomic E-state index is 0.0710. The summed E-state index contributed by atoms with van der Waals surface area (Å²) in [4.78, 5) is 21.0. The third-order valence-electron chi connectivity index (χ3n) is 5.22. The Labute approximate surface area is 170 Å². The molecule has 1 aliphatic rings. The van der Waals surface area contributed by atoms with Crippen molar-refractivity contribution < 1.29 is 13.9 Å². The van der Waals surface area contributed by atoms with E-state index in [4.69, 9.17) is 9.15 Å². The van der Waals surface area contributed by atoms with Gasteiger partial charge in [-0.2, -0.15) is 0 Å². The average Bonchev–Trinajstić information content (AvgIpc) is 3.22. The molecule has 0 aliphatic carbocycles. The molecular weight excluding hydrogens is 366 g/mol. The van der Waals surface area contributed by atoms with Crippen molar-refractivity contribution in [3.8, 4) is 5.75 Å². The Kier molecular flexibility index (Phi) is 5.91. The van der Waals surface area contributed by atoms with Crippen LogP contribution in [0.4, 0.5) is 0 Å². The first-order chi connectivity index (χ1) is 14.2. The van der Waals surface area contributed by atoms with Gasteiger partial charge in [-0.25, -0.2) is 4.98 Å². The van der Waals surface area contributed by atoms with Crippen LogP contribution in [0, 0.1) is 6.92 Å². The number of ether oxygens (including phenoxy) is 1. The van der Waals surface area contributed by atoms with Crippen LogP contribution >= 0.6 is 0 Å². The smallest absolute Gasteiger partial charge is 0.275 e. The van der Waals surface area contributed by atoms with E-state index in [1.165, 1.54) is 11.8 Å². The van der Waals surface area contributed by atoms with Crippen molar-refractivity contribution in [2.45, 2.75) is 13.0 Å². The van der Waals surface area contributed by atoms with Gasteiger partial charge in [0.2, 0.25) is 0 Å². The quantitative estimate of drug-likeness (QED) is 0.643. The summed E-state index contributed by atoms with van der Waals surface area (Å²) in [5.74, 6) is 1.30. The van der Waals surface area contributed by atoms with Crippen molar-refractivity contribution in [2.24, 2.45) is 0 Å². The predicted molar refractivity (Wildman–Crippen MR) is 110 cm³/mol. The van der Waals surface area contributed by atoms with Crippen LogP contribution in [0.3, 0.4) is 0 Å². The fourth-order valence-electron chi connectivity index (χ4n) is 3.64. The molecule has 2 heterocycles. The highest BCUT2D eigenvalue weighted by atomic mass is 16.5. The van der Waals surface area contributed by atoms with Gasteiger partial charge in [-0.15, -0.1) is 0 Å². The second-order valence-corrected chi connectivity index (χ2v) is 7.13. The van der Waals surface area contributed by atoms with E-state index in [-0.39, 0.29) is 11.9 Å². The first-order valence-corrected chi connectivity index (χ1v) is 9.89. The van der Waals surface area contributed by atoms with Crippen molar-refractivity contribution in [2.75, 3.05) is 32.8 Å². The molecule has 1 saturated heterocycles. The third-order valence-corrected chi connectivity index (χ3v) is 5.22. The second-order valence-electron chi connectivity index (χ2n) is 7.13. The van der Waals surface area contributed by atoms with E-state index < -0.39 is 0 Å². The van der Waals surface area contributed by atoms with Crippen LogP contribution in [0.2, 0.25) is 0 Å². The molecule has 0 N–H and O–H groups in total. The van der Waals surface area contributed by atoms with Crippen LogP contribution in [0.1, 0.15) is 28.0 Å². The zero-order valence-corrected chi connectivity index (χ0v) is 16.5. The van der Waals surface area contributed by atoms with Gasteiger partial charge in [-0.05, 0) is 17.7 Å². The lowest BCUT2D eigenvalue weighted by molar-refractivity contribution is 0.0494. The van der Waals surface area contributed by atoms with Gasteiger partial charge in [0.25, 0.3) is 5.91 Å². The number of rotatable bonds is 6. The molecule has 1 amide bonds. The summed E-state index contributed by atoms with van der Waals surface area (Å²) in [7, 11) is 0. The number of piperazine rings is 1. The standard InChI is InChI=1S/C23H25N3O3/c1-18-24-21(16-28-18)23(27)26-14-12-25(13-15-26)22(19-8-4-2-5-9-19)17-29-20-10-6-3-7-11-20/h2-11,16,22H,12-15,17H2,1H3. The fourth-order valence-corrected chi connectivity index (χ4v) is 3.64. The van der Waals surface area contributed by atoms with E-state index in [2.05, 4.69) is 34.1 Å². The number of hydrogen-bond acceptors (Lipinski definition) is 5. The average molecular weight is 391 g/mol. The fraction of sp³-hybridized carbons (Fsp3) is 0.304. The Bertz CT molecular complexity index is 919. The van der Waals surface area contributed by atoms with Gasteiger partial charge in [-0.3, -0.25) is 9.69 Å². The lowest BCUT2D eigenvalue weighted by atomic mass is 10.0. The first kappa shape index (κ1) is 19.2. The Hall–Kier alpha value is -3.12. The Morgan fingerprint density at radius 3 is 2.31 bits per heavy atom. The highest BCUT2D eigenvalue weighted by molar-refractivity contribution is 5.92. The molecular formula is C23H25N3O3. The zero-order chi connectivity index (χ0) is 20.1. The summed E-state index contributed by atoms with van der Waals surface area (Å²) in [5.41, 5.74) is 1.60. The van der Waals surface area contributed by atoms with Crippen LogP contribution in [0.15, 0.2) is 71.3 Å². The predicted octanol–water partition coefficient (Wildman–Crippen LogP) is 3.56. The van der Waals surface area contributed by atoms with Gasteiger partial charge in [0.05, 0.1) is 6.04 Å². The third kappa shape index (κ3) is 4.66. The van der Waals surface area contributed by atoms with Gasteiger partial charge < -0.3 is 14.1 Å². The molecule has 3 aromatic rings. The van der Waals surface area contributed by atoms with Crippen LogP contribution in [0.25, 0.3) is 0 Å². The number of carbonyl (C=O) groups excluding carboxylic acids is 1. The Morgan fingerprint density at radius 2 is 1.69 bits per heavy atom. The van der Waals surface area contributed by atoms with Crippen LogP contribution < -0.4 is 4.74 Å². The van der Waals surface area contributed by atoms with Crippen molar-refractivity contribution >= 4 is 5.91 Å². The number of aryl methyl sites for hydroxylation is 1. The SMILES string of the molecule is Cc1nc(C(=O)N2CCN(C(COc3ccccc3)c3ccccc3)CC2)co1. The molecule has 29 heavy (non-hydrogen) atoms. The molecule has 6 heteroatoms. The summed E-state index contributed by atoms with van der Waals surface area (Å²) < 4.78 is 11.3. The Morgan fingerprint density at radius 1 is 1.03 bits per heavy atom. The number of carbonyl (C=O) groups is 1. The summed E-state index contributed by atoms with van der Waals surface area (Å²) in [6.45, 7) is 5.16. The molecule has 150 valence electrons. The number of aromatic nitrogens is 1. The lowest BCUT2D eigenvalue weighted by Gasteiger charge is -2.39. The second kappa shape index (κ2) is 8.92. The maximum atomic E-state index is 12.6. The number of oxazole rings is 1. The van der Waals surface area contributed by atoms with Gasteiger partial charge >= 0.3 is 0 Å². The van der Waals surface area contributed by atoms with Gasteiger partial charge in [-0.1, -0.05) is 48.5 Å². The highest BCUT2D eigenvalue weighted by Crippen LogP contribution is 2.24. The Balaban J connectivity index is 1.42. The van der Waals surface area contributed by atoms with Crippen molar-refractivity contribution in [3.63, 3.8) is 0 Å². The van der Waals surface area contributed by atoms with Gasteiger partial charge in [0, 0.05) is 33.1 Å². The van der Waals surface area contributed by atoms with Crippen molar-refractivity contribution in [3.05, 3.63) is 84.1 Å². The molecule has 1 atom stereocenters. The number of benzene rings is 2. The van der Waals surface area contributed by atoms with E-state index in [1.807, 2.05) is 41.3 Å². The molecule has 1 unspecified atom stereocenters. The summed E-state index contributed by atoms with van der Waals surface area (Å²) in [5, 5.41) is 0. The summed E-state index contributed by atoms with van der Waals surface area (Å²) in [6.07, 6.45) is 1.44. The molecule has 0 radical (unpaired) electrons. The molecule has 0 bridgehead atoms. The van der Waals surface area contributed by atoms with Gasteiger partial charge in [0.1, 0.15) is 18.6 Å². The largest absolute Gasteiger partial charge is 0.492 e. The molecule has 1 fully saturated rings. The molecule has 6 nitrogen and oxygen atoms in total. The molecule has 1 aromatic heterocycles. The number of para-hydroxylation sites is 1. The van der Waals surface area contributed by atoms with E-state index in [9.17, 15) is 4.79 Å². The maximum absolute atomic E-state index is 12.6. The van der Waals surface area contributed by atoms with E-state index in [0.717, 1.165) is 18.8 Å². The van der Waals surface area contributed by atoms with E-state index >= 15 is 0 Å². The summed E-state index contributed by atoms with van der Waals surface area (Å²) in [6, 6.07) is 20.4. The first-order valence-electron chi connectivity index (χ1n) is 9.89. The monoisotopic (exact) mass is 391 g/mol. The number of nitrogens with zero attached hydrogens (tertiary/aromatic N) is 3. The van der Waals surface area contributed by atoms with Crippen molar-refractivity contribution in [1.29, 1.82) is 0 Å². The minimum atomic E-state index is -0.0710. The normalized spacial score (nSPS) is 15.8. The topological polar surface area (TPSA) is 58.8 Å². The van der Waals surface area contributed by atoms with E-state index in [1.54, 1.807) is 6.92 Å². The molecule has 2 aromatic carbocycles. The molecule has 0 spiro atoms. The van der Waals surface area contributed by atoms with E-state index in [0.29, 0.717) is 31.3 Å². The highest BCUT2D eigenvalue weighted by Gasteiger charge is 2.29. The molecule has 1 aliphatic heterocycles.